The molecule has 0 aliphatic heterocycles. The van der Waals surface area contributed by atoms with Gasteiger partial charge in [-0.1, -0.05) is 19.9 Å². The van der Waals surface area contributed by atoms with Crippen LogP contribution in [0.4, 0.5) is 4.39 Å². The summed E-state index contributed by atoms with van der Waals surface area (Å²) in [6.45, 7) is 6.76. The molecule has 0 heterocycles. The molecule has 2 nitrogen and oxygen atoms in total. The topological polar surface area (TPSA) is 21.3 Å². The number of benzene rings is 1. The quantitative estimate of drug-likeness (QED) is 0.891. The smallest absolute Gasteiger partial charge is 0.165 e. The fourth-order valence-corrected chi connectivity index (χ4v) is 2.96. The van der Waals surface area contributed by atoms with Crippen molar-refractivity contribution in [2.24, 2.45) is 11.8 Å². The van der Waals surface area contributed by atoms with Crippen LogP contribution in [0.25, 0.3) is 0 Å². The predicted molar refractivity (Wildman–Crippen MR) is 75.9 cm³/mol. The van der Waals surface area contributed by atoms with E-state index < -0.39 is 0 Å². The average Bonchev–Trinajstić information content (AvgIpc) is 2.71. The monoisotopic (exact) mass is 265 g/mol. The van der Waals surface area contributed by atoms with E-state index in [4.69, 9.17) is 4.74 Å². The molecule has 1 fully saturated rings. The standard InChI is InChI=1S/C16H24FNO/c1-10-5-8-15(11(10)2)18-12(3)13-6-7-14(17)16(9-13)19-4/h6-7,9-12,15,18H,5,8H2,1-4H3. The summed E-state index contributed by atoms with van der Waals surface area (Å²) in [5, 5.41) is 3.67. The summed E-state index contributed by atoms with van der Waals surface area (Å²) in [6, 6.07) is 5.87. The zero-order valence-electron chi connectivity index (χ0n) is 12.2. The Labute approximate surface area is 115 Å². The summed E-state index contributed by atoms with van der Waals surface area (Å²) in [7, 11) is 1.50. The third kappa shape index (κ3) is 3.08. The third-order valence-corrected chi connectivity index (χ3v) is 4.60. The predicted octanol–water partition coefficient (Wildman–Crippen LogP) is 3.92. The highest BCUT2D eigenvalue weighted by atomic mass is 19.1. The van der Waals surface area contributed by atoms with Gasteiger partial charge < -0.3 is 10.1 Å². The molecule has 0 aromatic heterocycles. The van der Waals surface area contributed by atoms with Crippen LogP contribution in [-0.4, -0.2) is 13.2 Å². The van der Waals surface area contributed by atoms with Gasteiger partial charge in [0, 0.05) is 12.1 Å². The molecule has 0 radical (unpaired) electrons. The van der Waals surface area contributed by atoms with Gasteiger partial charge in [-0.2, -0.15) is 0 Å². The van der Waals surface area contributed by atoms with Crippen LogP contribution in [0.15, 0.2) is 18.2 Å². The van der Waals surface area contributed by atoms with Gasteiger partial charge in [0.05, 0.1) is 7.11 Å². The van der Waals surface area contributed by atoms with Crippen LogP contribution >= 0.6 is 0 Å². The number of methoxy groups -OCH3 is 1. The first-order chi connectivity index (χ1) is 9.02. The van der Waals surface area contributed by atoms with Crippen LogP contribution in [0.3, 0.4) is 0 Å². The SMILES string of the molecule is COc1cc(C(C)NC2CCC(C)C2C)ccc1F. The lowest BCUT2D eigenvalue weighted by atomic mass is 9.96. The molecule has 0 bridgehead atoms. The highest BCUT2D eigenvalue weighted by Crippen LogP contribution is 2.33. The van der Waals surface area contributed by atoms with Crippen molar-refractivity contribution < 1.29 is 9.13 Å². The molecule has 1 saturated carbocycles. The Hall–Kier alpha value is -1.09. The Morgan fingerprint density at radius 2 is 2.05 bits per heavy atom. The first kappa shape index (κ1) is 14.3. The molecular weight excluding hydrogens is 241 g/mol. The molecule has 1 aliphatic carbocycles. The van der Waals surface area contributed by atoms with Gasteiger partial charge in [-0.05, 0) is 49.3 Å². The summed E-state index contributed by atoms with van der Waals surface area (Å²) in [4.78, 5) is 0. The van der Waals surface area contributed by atoms with Crippen LogP contribution in [0.2, 0.25) is 0 Å². The van der Waals surface area contributed by atoms with Crippen LogP contribution in [0, 0.1) is 17.7 Å². The molecule has 3 heteroatoms. The Balaban J connectivity index is 2.05. The second kappa shape index (κ2) is 5.91. The lowest BCUT2D eigenvalue weighted by Crippen LogP contribution is -2.34. The van der Waals surface area contributed by atoms with Crippen LogP contribution in [0.1, 0.15) is 45.2 Å². The second-order valence-electron chi connectivity index (χ2n) is 5.80. The first-order valence-electron chi connectivity index (χ1n) is 7.12. The Morgan fingerprint density at radius 1 is 1.32 bits per heavy atom. The molecule has 2 rings (SSSR count). The van der Waals surface area contributed by atoms with E-state index in [1.165, 1.54) is 26.0 Å². The Bertz CT molecular complexity index is 435. The van der Waals surface area contributed by atoms with Gasteiger partial charge in [-0.15, -0.1) is 0 Å². The lowest BCUT2D eigenvalue weighted by Gasteiger charge is -2.24. The minimum atomic E-state index is -0.304. The minimum absolute atomic E-state index is 0.215. The van der Waals surface area contributed by atoms with Crippen LogP contribution in [0.5, 0.6) is 5.75 Å². The molecule has 106 valence electrons. The van der Waals surface area contributed by atoms with Crippen molar-refractivity contribution in [3.05, 3.63) is 29.6 Å². The van der Waals surface area contributed by atoms with Crippen molar-refractivity contribution >= 4 is 0 Å². The fraction of sp³-hybridized carbons (Fsp3) is 0.625. The molecule has 1 N–H and O–H groups in total. The van der Waals surface area contributed by atoms with Crippen LogP contribution < -0.4 is 10.1 Å². The van der Waals surface area contributed by atoms with Gasteiger partial charge >= 0.3 is 0 Å². The van der Waals surface area contributed by atoms with E-state index in [1.54, 1.807) is 6.07 Å². The summed E-state index contributed by atoms with van der Waals surface area (Å²) < 4.78 is 18.4. The maximum absolute atomic E-state index is 13.4. The average molecular weight is 265 g/mol. The number of rotatable bonds is 4. The second-order valence-corrected chi connectivity index (χ2v) is 5.80. The number of hydrogen-bond acceptors (Lipinski definition) is 2. The summed E-state index contributed by atoms with van der Waals surface area (Å²) in [6.07, 6.45) is 2.52. The Kier molecular flexibility index (Phi) is 4.46. The zero-order chi connectivity index (χ0) is 14.0. The van der Waals surface area contributed by atoms with Crippen molar-refractivity contribution in [1.82, 2.24) is 5.32 Å². The zero-order valence-corrected chi connectivity index (χ0v) is 12.2. The summed E-state index contributed by atoms with van der Waals surface area (Å²) >= 11 is 0. The molecule has 1 aromatic carbocycles. The van der Waals surface area contributed by atoms with Gasteiger partial charge in [0.15, 0.2) is 11.6 Å². The highest BCUT2D eigenvalue weighted by molar-refractivity contribution is 5.32. The molecule has 0 saturated heterocycles. The molecule has 0 spiro atoms. The summed E-state index contributed by atoms with van der Waals surface area (Å²) in [5.74, 6) is 1.50. The number of halogens is 1. The minimum Gasteiger partial charge on any atom is -0.494 e. The van der Waals surface area contributed by atoms with Gasteiger partial charge in [0.2, 0.25) is 0 Å². The number of nitrogens with one attached hydrogen (secondary N) is 1. The molecule has 4 atom stereocenters. The van der Waals surface area contributed by atoms with Crippen molar-refractivity contribution in [3.8, 4) is 5.75 Å². The molecule has 1 aliphatic rings. The van der Waals surface area contributed by atoms with Crippen molar-refractivity contribution in [2.45, 2.75) is 45.7 Å². The van der Waals surface area contributed by atoms with Gasteiger partial charge in [-0.3, -0.25) is 0 Å². The van der Waals surface area contributed by atoms with E-state index in [0.717, 1.165) is 11.5 Å². The molecule has 1 aromatic rings. The van der Waals surface area contributed by atoms with Crippen LogP contribution in [-0.2, 0) is 0 Å². The van der Waals surface area contributed by atoms with Crippen molar-refractivity contribution in [2.75, 3.05) is 7.11 Å². The van der Waals surface area contributed by atoms with E-state index in [1.807, 2.05) is 6.07 Å². The highest BCUT2D eigenvalue weighted by Gasteiger charge is 2.30. The van der Waals surface area contributed by atoms with Crippen molar-refractivity contribution in [3.63, 3.8) is 0 Å². The summed E-state index contributed by atoms with van der Waals surface area (Å²) in [5.41, 5.74) is 1.07. The largest absolute Gasteiger partial charge is 0.494 e. The van der Waals surface area contributed by atoms with Gasteiger partial charge in [-0.25, -0.2) is 4.39 Å². The molecular formula is C16H24FNO. The molecule has 19 heavy (non-hydrogen) atoms. The molecule has 4 unspecified atom stereocenters. The number of hydrogen-bond donors (Lipinski definition) is 1. The van der Waals surface area contributed by atoms with E-state index in [0.29, 0.717) is 17.7 Å². The van der Waals surface area contributed by atoms with Gasteiger partial charge in [0.25, 0.3) is 0 Å². The third-order valence-electron chi connectivity index (χ3n) is 4.60. The van der Waals surface area contributed by atoms with Crippen molar-refractivity contribution in [1.29, 1.82) is 0 Å². The first-order valence-corrected chi connectivity index (χ1v) is 7.12. The lowest BCUT2D eigenvalue weighted by molar-refractivity contribution is 0.345. The maximum Gasteiger partial charge on any atom is 0.165 e. The maximum atomic E-state index is 13.4. The van der Waals surface area contributed by atoms with E-state index in [9.17, 15) is 4.39 Å². The normalized spacial score (nSPS) is 28.4. The van der Waals surface area contributed by atoms with Gasteiger partial charge in [0.1, 0.15) is 0 Å². The molecule has 0 amide bonds. The Morgan fingerprint density at radius 3 is 2.63 bits per heavy atom. The fourth-order valence-electron chi connectivity index (χ4n) is 2.96. The van der Waals surface area contributed by atoms with E-state index >= 15 is 0 Å². The van der Waals surface area contributed by atoms with E-state index in [-0.39, 0.29) is 11.9 Å². The van der Waals surface area contributed by atoms with E-state index in [2.05, 4.69) is 26.1 Å². The number of ether oxygens (including phenoxy) is 1.